The number of nitrogens with one attached hydrogen (secondary N) is 3. The standard InChI is InChI=1S/C26H41N5O4S2/c1-4-5-6-7-8-18-37(28,35)23-13-11-22(12-14-23)30-26(32)24-19-21(20-29-17-9-16-27)10-15-25(24)31(2)36(3,33)34/h10-15,19,28-29H,4-9,16-18,20,27H2,1-3H3,(H,30,32). The lowest BCUT2D eigenvalue weighted by molar-refractivity contribution is 0.102. The number of hydrogen-bond acceptors (Lipinski definition) is 7. The van der Waals surface area contributed by atoms with E-state index in [0.29, 0.717) is 29.4 Å². The molecule has 0 heterocycles. The van der Waals surface area contributed by atoms with Crippen LogP contribution in [0, 0.1) is 4.78 Å². The molecule has 0 spiro atoms. The molecule has 1 amide bonds. The van der Waals surface area contributed by atoms with E-state index in [4.69, 9.17) is 10.5 Å². The molecule has 1 atom stereocenters. The highest BCUT2D eigenvalue weighted by Gasteiger charge is 2.21. The van der Waals surface area contributed by atoms with Gasteiger partial charge in [0.1, 0.15) is 0 Å². The van der Waals surface area contributed by atoms with E-state index in [9.17, 15) is 17.4 Å². The van der Waals surface area contributed by atoms with Crippen molar-refractivity contribution in [3.8, 4) is 0 Å². The minimum Gasteiger partial charge on any atom is -0.330 e. The summed E-state index contributed by atoms with van der Waals surface area (Å²) in [4.78, 5) is 13.7. The second kappa shape index (κ2) is 14.5. The first-order chi connectivity index (χ1) is 17.5. The first kappa shape index (κ1) is 30.8. The second-order valence-electron chi connectivity index (χ2n) is 9.17. The van der Waals surface area contributed by atoms with Crippen LogP contribution in [-0.4, -0.2) is 50.7 Å². The third-order valence-electron chi connectivity index (χ3n) is 6.06. The summed E-state index contributed by atoms with van der Waals surface area (Å²) < 4.78 is 46.6. The SMILES string of the molecule is CCCCCCCS(=N)(=O)c1ccc(NC(=O)c2cc(CNCCCN)ccc2N(C)S(C)(=O)=O)cc1. The molecular weight excluding hydrogens is 510 g/mol. The first-order valence-corrected chi connectivity index (χ1v) is 16.2. The van der Waals surface area contributed by atoms with Crippen molar-refractivity contribution < 1.29 is 17.4 Å². The quantitative estimate of drug-likeness (QED) is 0.231. The summed E-state index contributed by atoms with van der Waals surface area (Å²) in [6, 6.07) is 11.5. The molecule has 2 aromatic rings. The Balaban J connectivity index is 2.19. The van der Waals surface area contributed by atoms with E-state index in [1.54, 1.807) is 42.5 Å². The molecule has 0 aliphatic carbocycles. The van der Waals surface area contributed by atoms with E-state index >= 15 is 0 Å². The van der Waals surface area contributed by atoms with Crippen molar-refractivity contribution in [2.24, 2.45) is 5.73 Å². The molecule has 0 aliphatic rings. The molecule has 2 aromatic carbocycles. The number of nitrogens with zero attached hydrogens (tertiary/aromatic N) is 1. The minimum atomic E-state index is -3.59. The summed E-state index contributed by atoms with van der Waals surface area (Å²) in [5.74, 6) is -0.153. The molecular formula is C26H41N5O4S2. The predicted octanol–water partition coefficient (Wildman–Crippen LogP) is 4.15. The number of hydrogen-bond donors (Lipinski definition) is 4. The van der Waals surface area contributed by atoms with Crippen molar-refractivity contribution in [3.63, 3.8) is 0 Å². The lowest BCUT2D eigenvalue weighted by Crippen LogP contribution is -2.28. The molecule has 0 fully saturated rings. The molecule has 0 saturated heterocycles. The lowest BCUT2D eigenvalue weighted by Gasteiger charge is -2.21. The van der Waals surface area contributed by atoms with E-state index in [0.717, 1.165) is 61.2 Å². The van der Waals surface area contributed by atoms with E-state index in [2.05, 4.69) is 17.6 Å². The van der Waals surface area contributed by atoms with Crippen molar-refractivity contribution in [1.82, 2.24) is 5.32 Å². The van der Waals surface area contributed by atoms with Crippen LogP contribution in [0.25, 0.3) is 0 Å². The Hall–Kier alpha value is -2.47. The molecule has 2 rings (SSSR count). The number of carbonyl (C=O) groups excluding carboxylic acids is 1. The Kier molecular flexibility index (Phi) is 12.0. The van der Waals surface area contributed by atoms with Crippen molar-refractivity contribution in [1.29, 1.82) is 4.78 Å². The summed E-state index contributed by atoms with van der Waals surface area (Å²) in [5, 5.41) is 6.06. The summed E-state index contributed by atoms with van der Waals surface area (Å²) in [7, 11) is -5.08. The van der Waals surface area contributed by atoms with Gasteiger partial charge in [0.15, 0.2) is 0 Å². The monoisotopic (exact) mass is 551 g/mol. The van der Waals surface area contributed by atoms with Crippen molar-refractivity contribution in [3.05, 3.63) is 53.6 Å². The topological polar surface area (TPSA) is 145 Å². The molecule has 11 heteroatoms. The van der Waals surface area contributed by atoms with Gasteiger partial charge in [-0.3, -0.25) is 9.10 Å². The number of unbranched alkanes of at least 4 members (excludes halogenated alkanes) is 4. The maximum Gasteiger partial charge on any atom is 0.257 e. The molecule has 5 N–H and O–H groups in total. The van der Waals surface area contributed by atoms with Crippen LogP contribution in [0.15, 0.2) is 47.4 Å². The van der Waals surface area contributed by atoms with Crippen LogP contribution >= 0.6 is 0 Å². The van der Waals surface area contributed by atoms with E-state index in [-0.39, 0.29) is 11.3 Å². The van der Waals surface area contributed by atoms with Gasteiger partial charge in [0.2, 0.25) is 10.0 Å². The number of nitrogens with two attached hydrogens (primary N) is 1. The summed E-state index contributed by atoms with van der Waals surface area (Å²) in [6.07, 6.45) is 6.96. The van der Waals surface area contributed by atoms with Gasteiger partial charge >= 0.3 is 0 Å². The van der Waals surface area contributed by atoms with Crippen LogP contribution in [0.3, 0.4) is 0 Å². The number of carbonyl (C=O) groups is 1. The Bertz CT molecular complexity index is 1230. The Morgan fingerprint density at radius 3 is 2.30 bits per heavy atom. The van der Waals surface area contributed by atoms with Gasteiger partial charge in [0, 0.05) is 29.9 Å². The summed E-state index contributed by atoms with van der Waals surface area (Å²) in [6.45, 7) is 3.95. The van der Waals surface area contributed by atoms with Crippen LogP contribution in [0.1, 0.15) is 61.4 Å². The van der Waals surface area contributed by atoms with Gasteiger partial charge < -0.3 is 16.4 Å². The van der Waals surface area contributed by atoms with Gasteiger partial charge in [-0.2, -0.15) is 0 Å². The fourth-order valence-corrected chi connectivity index (χ4v) is 5.71. The van der Waals surface area contributed by atoms with Gasteiger partial charge in [0.05, 0.1) is 27.2 Å². The molecule has 1 unspecified atom stereocenters. The normalized spacial score (nSPS) is 13.2. The van der Waals surface area contributed by atoms with E-state index < -0.39 is 25.7 Å². The van der Waals surface area contributed by atoms with Gasteiger partial charge in [0.25, 0.3) is 5.91 Å². The highest BCUT2D eigenvalue weighted by Crippen LogP contribution is 2.25. The lowest BCUT2D eigenvalue weighted by atomic mass is 10.1. The van der Waals surface area contributed by atoms with Crippen LogP contribution in [-0.2, 0) is 26.3 Å². The number of sulfonamides is 1. The van der Waals surface area contributed by atoms with Crippen molar-refractivity contribution in [2.75, 3.05) is 41.8 Å². The predicted molar refractivity (Wildman–Crippen MR) is 152 cm³/mol. The number of rotatable bonds is 16. The largest absolute Gasteiger partial charge is 0.330 e. The molecule has 0 radical (unpaired) electrons. The average Bonchev–Trinajstić information content (AvgIpc) is 2.85. The maximum atomic E-state index is 13.2. The third-order valence-corrected chi connectivity index (χ3v) is 9.15. The van der Waals surface area contributed by atoms with Crippen molar-refractivity contribution in [2.45, 2.75) is 56.9 Å². The highest BCUT2D eigenvalue weighted by molar-refractivity contribution is 7.92. The Morgan fingerprint density at radius 2 is 1.68 bits per heavy atom. The maximum absolute atomic E-state index is 13.2. The highest BCUT2D eigenvalue weighted by atomic mass is 32.2. The fourth-order valence-electron chi connectivity index (χ4n) is 3.77. The molecule has 206 valence electrons. The zero-order valence-corrected chi connectivity index (χ0v) is 23.7. The molecule has 0 aliphatic heterocycles. The van der Waals surface area contributed by atoms with E-state index in [1.807, 2.05) is 0 Å². The zero-order chi connectivity index (χ0) is 27.5. The zero-order valence-electron chi connectivity index (χ0n) is 22.1. The number of amides is 1. The Labute approximate surface area is 222 Å². The number of benzene rings is 2. The Morgan fingerprint density at radius 1 is 1.00 bits per heavy atom. The van der Waals surface area contributed by atoms with Crippen LogP contribution < -0.4 is 20.7 Å². The molecule has 0 saturated carbocycles. The fraction of sp³-hybridized carbons (Fsp3) is 0.500. The van der Waals surface area contributed by atoms with Crippen LogP contribution in [0.2, 0.25) is 0 Å². The molecule has 9 nitrogen and oxygen atoms in total. The number of anilines is 2. The third kappa shape index (κ3) is 9.73. The molecule has 37 heavy (non-hydrogen) atoms. The van der Waals surface area contributed by atoms with Gasteiger partial charge in [-0.05, 0) is 67.9 Å². The van der Waals surface area contributed by atoms with Crippen LogP contribution in [0.4, 0.5) is 11.4 Å². The second-order valence-corrected chi connectivity index (χ2v) is 13.4. The van der Waals surface area contributed by atoms with Crippen LogP contribution in [0.5, 0.6) is 0 Å². The van der Waals surface area contributed by atoms with Crippen molar-refractivity contribution >= 4 is 37.0 Å². The first-order valence-electron chi connectivity index (χ1n) is 12.6. The molecule has 0 aromatic heterocycles. The summed E-state index contributed by atoms with van der Waals surface area (Å²) in [5.41, 5.74) is 7.30. The van der Waals surface area contributed by atoms with Gasteiger partial charge in [-0.15, -0.1) is 0 Å². The summed E-state index contributed by atoms with van der Waals surface area (Å²) >= 11 is 0. The average molecular weight is 552 g/mol. The van der Waals surface area contributed by atoms with Gasteiger partial charge in [-0.1, -0.05) is 38.7 Å². The molecule has 0 bridgehead atoms. The van der Waals surface area contributed by atoms with E-state index in [1.165, 1.54) is 7.05 Å². The smallest absolute Gasteiger partial charge is 0.257 e. The van der Waals surface area contributed by atoms with Gasteiger partial charge in [-0.25, -0.2) is 17.4 Å². The minimum absolute atomic E-state index is 0.214.